The van der Waals surface area contributed by atoms with E-state index in [4.69, 9.17) is 4.74 Å². The molecule has 0 aliphatic carbocycles. The molecule has 4 heteroatoms. The summed E-state index contributed by atoms with van der Waals surface area (Å²) in [5.41, 5.74) is 2.08. The normalized spacial score (nSPS) is 12.2. The number of aromatic nitrogens is 1. The third kappa shape index (κ3) is 3.38. The fourth-order valence-electron chi connectivity index (χ4n) is 2.16. The molecule has 3 nitrogen and oxygen atoms in total. The van der Waals surface area contributed by atoms with Crippen molar-refractivity contribution >= 4 is 15.9 Å². The van der Waals surface area contributed by atoms with Gasteiger partial charge in [-0.3, -0.25) is 4.98 Å². The fraction of sp³-hybridized carbons (Fsp3) is 0.312. The average molecular weight is 335 g/mol. The molecule has 1 aromatic heterocycles. The van der Waals surface area contributed by atoms with Crippen LogP contribution in [0.4, 0.5) is 0 Å². The first-order chi connectivity index (χ1) is 9.77. The highest BCUT2D eigenvalue weighted by Gasteiger charge is 2.20. The molecule has 0 bridgehead atoms. The lowest BCUT2D eigenvalue weighted by molar-refractivity contribution is 0.403. The molecule has 0 spiro atoms. The molecule has 0 aliphatic rings. The standard InChI is InChI=1S/C16H19BrN2O/c1-3-10-18-15(16-13(17)8-6-11-19-16)12-7-4-5-9-14(12)20-2/h4-9,11,15,18H,3,10H2,1-2H3. The van der Waals surface area contributed by atoms with Gasteiger partial charge in [-0.15, -0.1) is 0 Å². The van der Waals surface area contributed by atoms with E-state index >= 15 is 0 Å². The molecule has 0 aliphatic heterocycles. The Kier molecular flexibility index (Phi) is 5.56. The molecule has 20 heavy (non-hydrogen) atoms. The summed E-state index contributed by atoms with van der Waals surface area (Å²) >= 11 is 3.59. The Hall–Kier alpha value is -1.39. The van der Waals surface area contributed by atoms with E-state index in [2.05, 4.69) is 39.2 Å². The molecule has 1 unspecified atom stereocenters. The van der Waals surface area contributed by atoms with Gasteiger partial charge in [-0.2, -0.15) is 0 Å². The minimum Gasteiger partial charge on any atom is -0.496 e. The maximum atomic E-state index is 5.48. The lowest BCUT2D eigenvalue weighted by atomic mass is 10.0. The van der Waals surface area contributed by atoms with Gasteiger partial charge in [0.25, 0.3) is 0 Å². The van der Waals surface area contributed by atoms with Gasteiger partial charge in [0.15, 0.2) is 0 Å². The van der Waals surface area contributed by atoms with E-state index in [1.807, 2.05) is 36.5 Å². The summed E-state index contributed by atoms with van der Waals surface area (Å²) in [6, 6.07) is 12.0. The molecule has 0 radical (unpaired) electrons. The van der Waals surface area contributed by atoms with Gasteiger partial charge in [-0.1, -0.05) is 25.1 Å². The summed E-state index contributed by atoms with van der Waals surface area (Å²) in [5.74, 6) is 0.874. The van der Waals surface area contributed by atoms with E-state index in [-0.39, 0.29) is 6.04 Å². The van der Waals surface area contributed by atoms with Crippen molar-refractivity contribution < 1.29 is 4.74 Å². The van der Waals surface area contributed by atoms with Gasteiger partial charge in [0.05, 0.1) is 18.8 Å². The zero-order valence-corrected chi connectivity index (χ0v) is 13.4. The number of pyridine rings is 1. The molecule has 1 aromatic carbocycles. The van der Waals surface area contributed by atoms with Crippen LogP contribution in [-0.2, 0) is 0 Å². The summed E-state index contributed by atoms with van der Waals surface area (Å²) in [4.78, 5) is 4.52. The van der Waals surface area contributed by atoms with Crippen LogP contribution in [0.3, 0.4) is 0 Å². The monoisotopic (exact) mass is 334 g/mol. The van der Waals surface area contributed by atoms with Gasteiger partial charge in [0.1, 0.15) is 5.75 Å². The number of para-hydroxylation sites is 1. The van der Waals surface area contributed by atoms with Crippen molar-refractivity contribution in [3.05, 3.63) is 58.3 Å². The van der Waals surface area contributed by atoms with Crippen molar-refractivity contribution in [3.8, 4) is 5.75 Å². The molecule has 0 saturated carbocycles. The van der Waals surface area contributed by atoms with Gasteiger partial charge >= 0.3 is 0 Å². The van der Waals surface area contributed by atoms with Crippen LogP contribution in [-0.4, -0.2) is 18.6 Å². The molecule has 1 atom stereocenters. The van der Waals surface area contributed by atoms with Crippen LogP contribution < -0.4 is 10.1 Å². The summed E-state index contributed by atoms with van der Waals surface area (Å²) in [6.45, 7) is 3.07. The van der Waals surface area contributed by atoms with Crippen molar-refractivity contribution in [2.24, 2.45) is 0 Å². The van der Waals surface area contributed by atoms with Crippen molar-refractivity contribution in [1.82, 2.24) is 10.3 Å². The second kappa shape index (κ2) is 7.41. The molecule has 1 heterocycles. The van der Waals surface area contributed by atoms with Crippen molar-refractivity contribution in [2.45, 2.75) is 19.4 Å². The van der Waals surface area contributed by atoms with Crippen molar-refractivity contribution in [1.29, 1.82) is 0 Å². The highest BCUT2D eigenvalue weighted by Crippen LogP contribution is 2.32. The maximum absolute atomic E-state index is 5.48. The number of hydrogen-bond acceptors (Lipinski definition) is 3. The summed E-state index contributed by atoms with van der Waals surface area (Å²) in [7, 11) is 1.70. The maximum Gasteiger partial charge on any atom is 0.124 e. The Morgan fingerprint density at radius 3 is 2.75 bits per heavy atom. The number of benzene rings is 1. The lowest BCUT2D eigenvalue weighted by Crippen LogP contribution is -2.25. The fourth-order valence-corrected chi connectivity index (χ4v) is 2.64. The number of hydrogen-bond donors (Lipinski definition) is 1. The van der Waals surface area contributed by atoms with E-state index in [9.17, 15) is 0 Å². The molecule has 2 aromatic rings. The average Bonchev–Trinajstić information content (AvgIpc) is 2.49. The molecule has 0 saturated heterocycles. The summed E-state index contributed by atoms with van der Waals surface area (Å²) in [5, 5.41) is 3.55. The number of rotatable bonds is 6. The second-order valence-corrected chi connectivity index (χ2v) is 5.35. The highest BCUT2D eigenvalue weighted by molar-refractivity contribution is 9.10. The van der Waals surface area contributed by atoms with Gasteiger partial charge < -0.3 is 10.1 Å². The molecule has 106 valence electrons. The summed E-state index contributed by atoms with van der Waals surface area (Å²) in [6.07, 6.45) is 2.88. The quantitative estimate of drug-likeness (QED) is 0.868. The van der Waals surface area contributed by atoms with Crippen LogP contribution >= 0.6 is 15.9 Å². The Morgan fingerprint density at radius 1 is 1.25 bits per heavy atom. The van der Waals surface area contributed by atoms with Crippen molar-refractivity contribution in [2.75, 3.05) is 13.7 Å². The highest BCUT2D eigenvalue weighted by atomic mass is 79.9. The lowest BCUT2D eigenvalue weighted by Gasteiger charge is -2.21. The molecule has 0 amide bonds. The van der Waals surface area contributed by atoms with Gasteiger partial charge in [0, 0.05) is 16.2 Å². The van der Waals surface area contributed by atoms with E-state index in [1.54, 1.807) is 7.11 Å². The Morgan fingerprint density at radius 2 is 2.05 bits per heavy atom. The predicted octanol–water partition coefficient (Wildman–Crippen LogP) is 3.94. The zero-order chi connectivity index (χ0) is 14.4. The number of halogens is 1. The van der Waals surface area contributed by atoms with Crippen LogP contribution in [0.15, 0.2) is 47.1 Å². The van der Waals surface area contributed by atoms with Crippen LogP contribution in [0.2, 0.25) is 0 Å². The largest absolute Gasteiger partial charge is 0.496 e. The number of methoxy groups -OCH3 is 1. The first kappa shape index (κ1) is 15.0. The molecular formula is C16H19BrN2O. The first-order valence-corrected chi connectivity index (χ1v) is 7.54. The minimum absolute atomic E-state index is 0.0154. The topological polar surface area (TPSA) is 34.1 Å². The third-order valence-corrected chi connectivity index (χ3v) is 3.78. The first-order valence-electron chi connectivity index (χ1n) is 6.74. The van der Waals surface area contributed by atoms with E-state index in [1.165, 1.54) is 0 Å². The predicted molar refractivity (Wildman–Crippen MR) is 85.1 cm³/mol. The molecular weight excluding hydrogens is 316 g/mol. The van der Waals surface area contributed by atoms with Crippen LogP contribution in [0, 0.1) is 0 Å². The van der Waals surface area contributed by atoms with Gasteiger partial charge in [-0.05, 0) is 47.1 Å². The molecule has 1 N–H and O–H groups in total. The van der Waals surface area contributed by atoms with Gasteiger partial charge in [0.2, 0.25) is 0 Å². The molecule has 2 rings (SSSR count). The Labute approximate surface area is 128 Å². The van der Waals surface area contributed by atoms with E-state index < -0.39 is 0 Å². The second-order valence-electron chi connectivity index (χ2n) is 4.50. The number of nitrogens with zero attached hydrogens (tertiary/aromatic N) is 1. The number of nitrogens with one attached hydrogen (secondary N) is 1. The van der Waals surface area contributed by atoms with Crippen LogP contribution in [0.5, 0.6) is 5.75 Å². The van der Waals surface area contributed by atoms with E-state index in [0.717, 1.165) is 34.4 Å². The SMILES string of the molecule is CCCNC(c1ccccc1OC)c1ncccc1Br. The minimum atomic E-state index is 0.0154. The Bertz CT molecular complexity index is 560. The van der Waals surface area contributed by atoms with E-state index in [0.29, 0.717) is 0 Å². The smallest absolute Gasteiger partial charge is 0.124 e. The number of ether oxygens (including phenoxy) is 1. The Balaban J connectivity index is 2.44. The van der Waals surface area contributed by atoms with Crippen molar-refractivity contribution in [3.63, 3.8) is 0 Å². The van der Waals surface area contributed by atoms with Crippen LogP contribution in [0.25, 0.3) is 0 Å². The van der Waals surface area contributed by atoms with Crippen LogP contribution in [0.1, 0.15) is 30.6 Å². The third-order valence-electron chi connectivity index (χ3n) is 3.11. The zero-order valence-electron chi connectivity index (χ0n) is 11.8. The molecule has 0 fully saturated rings. The summed E-state index contributed by atoms with van der Waals surface area (Å²) < 4.78 is 6.48. The van der Waals surface area contributed by atoms with Gasteiger partial charge in [-0.25, -0.2) is 0 Å².